The van der Waals surface area contributed by atoms with Gasteiger partial charge in [0.1, 0.15) is 18.1 Å². The van der Waals surface area contributed by atoms with E-state index in [0.29, 0.717) is 28.7 Å². The molecule has 4 heterocycles. The fourth-order valence-electron chi connectivity index (χ4n) is 5.37. The summed E-state index contributed by atoms with van der Waals surface area (Å²) in [5, 5.41) is 11.8. The van der Waals surface area contributed by atoms with Crippen molar-refractivity contribution in [3.8, 4) is 22.9 Å². The number of benzene rings is 2. The van der Waals surface area contributed by atoms with E-state index in [4.69, 9.17) is 18.8 Å². The molecule has 2 aliphatic heterocycles. The molecule has 0 saturated heterocycles. The average molecular weight is 548 g/mol. The summed E-state index contributed by atoms with van der Waals surface area (Å²) in [5.41, 5.74) is 1.69. The first-order valence-corrected chi connectivity index (χ1v) is 14.0. The normalized spacial score (nSPS) is 19.0. The van der Waals surface area contributed by atoms with Crippen molar-refractivity contribution in [3.63, 3.8) is 0 Å². The molecule has 0 spiro atoms. The Morgan fingerprint density at radius 1 is 1.05 bits per heavy atom. The number of fused-ring (bicyclic) bond motifs is 5. The Morgan fingerprint density at radius 3 is 2.51 bits per heavy atom. The van der Waals surface area contributed by atoms with Gasteiger partial charge in [-0.05, 0) is 54.8 Å². The molecule has 6 rings (SSSR count). The third-order valence-corrected chi connectivity index (χ3v) is 8.20. The Morgan fingerprint density at radius 2 is 1.79 bits per heavy atom. The van der Waals surface area contributed by atoms with Crippen molar-refractivity contribution in [2.45, 2.75) is 45.4 Å². The quantitative estimate of drug-likeness (QED) is 0.236. The van der Waals surface area contributed by atoms with Crippen LogP contribution in [-0.2, 0) is 39.3 Å². The molecule has 0 aliphatic carbocycles. The van der Waals surface area contributed by atoms with Gasteiger partial charge in [0, 0.05) is 16.5 Å². The number of cyclic esters (lactones) is 1. The monoisotopic (exact) mass is 548 g/mol. The predicted molar refractivity (Wildman–Crippen MR) is 141 cm³/mol. The van der Waals surface area contributed by atoms with Crippen molar-refractivity contribution in [1.82, 2.24) is 9.55 Å². The maximum Gasteiger partial charge on any atom is 0.584 e. The maximum atomic E-state index is 13.5. The number of carbonyl (C=O) groups excluding carboxylic acids is 1. The Balaban J connectivity index is 1.44. The Hall–Kier alpha value is -3.98. The number of hydrogen-bond acceptors (Lipinski definition) is 8. The first-order valence-electron chi connectivity index (χ1n) is 12.5. The van der Waals surface area contributed by atoms with Crippen LogP contribution in [0.1, 0.15) is 42.5 Å². The predicted octanol–water partition coefficient (Wildman–Crippen LogP) is 4.20. The average Bonchev–Trinajstić information content (AvgIpc) is 3.28. The zero-order valence-corrected chi connectivity index (χ0v) is 22.1. The summed E-state index contributed by atoms with van der Waals surface area (Å²) in [6.07, 6.45) is 0.649. The first-order chi connectivity index (χ1) is 18.6. The van der Waals surface area contributed by atoms with Gasteiger partial charge in [-0.2, -0.15) is 0 Å². The number of carbonyl (C=O) groups is 1. The number of phosphoric ester groups is 1. The summed E-state index contributed by atoms with van der Waals surface area (Å²) >= 11 is 0. The molecular weight excluding hydrogens is 523 g/mol. The number of nitrogens with zero attached hydrogens (tertiary/aromatic N) is 2. The van der Waals surface area contributed by atoms with E-state index in [0.717, 1.165) is 11.1 Å². The second-order valence-corrected chi connectivity index (χ2v) is 10.8. The highest BCUT2D eigenvalue weighted by molar-refractivity contribution is 7.48. The molecule has 39 heavy (non-hydrogen) atoms. The number of aromatic nitrogens is 2. The molecule has 0 radical (unpaired) electrons. The minimum Gasteiger partial charge on any atom is -0.458 e. The molecule has 0 amide bonds. The summed E-state index contributed by atoms with van der Waals surface area (Å²) in [6, 6.07) is 14.7. The smallest absolute Gasteiger partial charge is 0.458 e. The Labute approximate surface area is 223 Å². The second kappa shape index (κ2) is 9.05. The zero-order chi connectivity index (χ0) is 27.5. The van der Waals surface area contributed by atoms with E-state index < -0.39 is 19.4 Å². The van der Waals surface area contributed by atoms with Gasteiger partial charge in [0.25, 0.3) is 5.56 Å². The molecule has 2 atom stereocenters. The van der Waals surface area contributed by atoms with Crippen molar-refractivity contribution in [1.29, 1.82) is 0 Å². The molecule has 0 saturated carbocycles. The molecular formula is C28H25N2O8P. The van der Waals surface area contributed by atoms with Crippen LogP contribution in [-0.4, -0.2) is 25.5 Å². The molecule has 0 fully saturated rings. The van der Waals surface area contributed by atoms with Crippen LogP contribution in [0.2, 0.25) is 0 Å². The molecule has 200 valence electrons. The summed E-state index contributed by atoms with van der Waals surface area (Å²) in [4.78, 5) is 41.0. The van der Waals surface area contributed by atoms with Crippen molar-refractivity contribution < 1.29 is 33.1 Å². The first kappa shape index (κ1) is 25.3. The van der Waals surface area contributed by atoms with Crippen LogP contribution in [0.25, 0.3) is 22.3 Å². The van der Waals surface area contributed by atoms with E-state index in [-0.39, 0.29) is 47.8 Å². The summed E-state index contributed by atoms with van der Waals surface area (Å²) in [6.45, 7) is 3.68. The highest BCUT2D eigenvalue weighted by Gasteiger charge is 2.45. The fraction of sp³-hybridized carbons (Fsp3) is 0.250. The van der Waals surface area contributed by atoms with Crippen LogP contribution < -0.4 is 14.6 Å². The van der Waals surface area contributed by atoms with Crippen LogP contribution in [0.5, 0.6) is 11.5 Å². The van der Waals surface area contributed by atoms with Gasteiger partial charge in [-0.25, -0.2) is 14.3 Å². The Bertz CT molecular complexity index is 1770. The van der Waals surface area contributed by atoms with Crippen LogP contribution in [0.4, 0.5) is 0 Å². The summed E-state index contributed by atoms with van der Waals surface area (Å²) in [7, 11) is -4.47. The Kier molecular flexibility index (Phi) is 5.87. The molecule has 4 aromatic rings. The largest absolute Gasteiger partial charge is 0.584 e. The van der Waals surface area contributed by atoms with Crippen LogP contribution >= 0.6 is 7.82 Å². The third kappa shape index (κ3) is 4.03. The van der Waals surface area contributed by atoms with Gasteiger partial charge in [0.2, 0.25) is 0 Å². The van der Waals surface area contributed by atoms with E-state index in [1.165, 1.54) is 6.07 Å². The van der Waals surface area contributed by atoms with Crippen molar-refractivity contribution in [2.75, 3.05) is 0 Å². The number of aryl methyl sites for hydroxylation is 1. The van der Waals surface area contributed by atoms with Gasteiger partial charge in [-0.15, -0.1) is 0 Å². The van der Waals surface area contributed by atoms with E-state index in [2.05, 4.69) is 0 Å². The fourth-order valence-corrected chi connectivity index (χ4v) is 6.17. The SMILES string of the molecule is CCc1c2c(nc3ccc(OP(=O)(O)Oc4ccccc4)cc13)-c1cc3c(c(=O)n1C2)COC(=O)[C@]3(O)CC. The van der Waals surface area contributed by atoms with Gasteiger partial charge in [0.05, 0.1) is 29.0 Å². The lowest BCUT2D eigenvalue weighted by atomic mass is 9.86. The highest BCUT2D eigenvalue weighted by Crippen LogP contribution is 2.46. The van der Waals surface area contributed by atoms with Crippen molar-refractivity contribution in [2.24, 2.45) is 0 Å². The minimum atomic E-state index is -4.47. The van der Waals surface area contributed by atoms with Gasteiger partial charge in [-0.1, -0.05) is 32.0 Å². The number of esters is 1. The van der Waals surface area contributed by atoms with Crippen LogP contribution in [0.15, 0.2) is 59.4 Å². The molecule has 2 N–H and O–H groups in total. The van der Waals surface area contributed by atoms with E-state index in [9.17, 15) is 24.2 Å². The molecule has 0 bridgehead atoms. The van der Waals surface area contributed by atoms with Gasteiger partial charge >= 0.3 is 13.8 Å². The second-order valence-electron chi connectivity index (χ2n) is 9.52. The standard InChI is InChI=1S/C28H25N2O8P/c1-3-18-19-12-17(38-39(34,35)37-16-8-6-5-7-9-16)10-11-23(19)29-25-20(18)14-30-24(25)13-22-21(26(30)31)15-36-27(32)28(22,33)4-2/h5-13,33H,3-4,14-15H2,1-2H3,(H,34,35)/t28-/m0/s1. The maximum absolute atomic E-state index is 13.5. The lowest BCUT2D eigenvalue weighted by Gasteiger charge is -2.31. The highest BCUT2D eigenvalue weighted by atomic mass is 31.2. The van der Waals surface area contributed by atoms with Crippen molar-refractivity contribution >= 4 is 24.7 Å². The number of rotatable bonds is 6. The number of para-hydroxylation sites is 1. The summed E-state index contributed by atoms with van der Waals surface area (Å²) in [5.74, 6) is -0.441. The topological polar surface area (TPSA) is 137 Å². The molecule has 10 nitrogen and oxygen atoms in total. The summed E-state index contributed by atoms with van der Waals surface area (Å²) < 4.78 is 29.9. The molecule has 11 heteroatoms. The molecule has 1 unspecified atom stereocenters. The van der Waals surface area contributed by atoms with Gasteiger partial charge in [0.15, 0.2) is 5.60 Å². The zero-order valence-electron chi connectivity index (χ0n) is 21.2. The van der Waals surface area contributed by atoms with Crippen molar-refractivity contribution in [3.05, 3.63) is 87.2 Å². The van der Waals surface area contributed by atoms with Gasteiger partial charge in [-0.3, -0.25) is 9.69 Å². The molecule has 2 aromatic carbocycles. The van der Waals surface area contributed by atoms with Crippen LogP contribution in [0.3, 0.4) is 0 Å². The number of phosphoric acid groups is 1. The molecule has 2 aromatic heterocycles. The van der Waals surface area contributed by atoms with E-state index in [1.54, 1.807) is 60.0 Å². The number of hydrogen-bond donors (Lipinski definition) is 2. The lowest BCUT2D eigenvalue weighted by Crippen LogP contribution is -2.44. The van der Waals surface area contributed by atoms with Crippen LogP contribution in [0, 0.1) is 0 Å². The minimum absolute atomic E-state index is 0.0609. The molecule has 2 aliphatic rings. The van der Waals surface area contributed by atoms with Gasteiger partial charge < -0.3 is 23.5 Å². The lowest BCUT2D eigenvalue weighted by molar-refractivity contribution is -0.172. The number of aliphatic hydroxyl groups is 1. The van der Waals surface area contributed by atoms with E-state index >= 15 is 0 Å². The van der Waals surface area contributed by atoms with E-state index in [1.807, 2.05) is 6.92 Å². The third-order valence-electron chi connectivity index (χ3n) is 7.32. The number of ether oxygens (including phenoxy) is 1. The number of pyridine rings is 2.